The molecule has 0 aliphatic heterocycles. The number of benzene rings is 2. The summed E-state index contributed by atoms with van der Waals surface area (Å²) in [5, 5.41) is 12.7. The monoisotopic (exact) mass is 361 g/mol. The first-order chi connectivity index (χ1) is 12.0. The molecule has 25 heavy (non-hydrogen) atoms. The van der Waals surface area contributed by atoms with E-state index in [4.69, 9.17) is 16.3 Å². The molecule has 0 fully saturated rings. The molecular formula is C19H20ClNO4. The number of nitrogens with one attached hydrogen (secondary N) is 1. The molecule has 0 aliphatic rings. The van der Waals surface area contributed by atoms with E-state index < -0.39 is 11.9 Å². The normalized spacial score (nSPS) is 11.6. The first-order valence-electron chi connectivity index (χ1n) is 7.85. The van der Waals surface area contributed by atoms with Crippen molar-refractivity contribution < 1.29 is 19.4 Å². The smallest absolute Gasteiger partial charge is 0.308 e. The molecule has 6 heteroatoms. The van der Waals surface area contributed by atoms with Gasteiger partial charge in [-0.15, -0.1) is 0 Å². The molecule has 132 valence electrons. The molecule has 0 heterocycles. The predicted molar refractivity (Wildman–Crippen MR) is 96.0 cm³/mol. The van der Waals surface area contributed by atoms with E-state index in [9.17, 15) is 14.7 Å². The summed E-state index contributed by atoms with van der Waals surface area (Å²) in [6.07, 6.45) is 0.429. The molecule has 2 N–H and O–H groups in total. The lowest BCUT2D eigenvalue weighted by Gasteiger charge is -2.15. The van der Waals surface area contributed by atoms with Crippen LogP contribution < -0.4 is 10.1 Å². The lowest BCUT2D eigenvalue weighted by atomic mass is 9.98. The van der Waals surface area contributed by atoms with Crippen molar-refractivity contribution in [3.8, 4) is 5.75 Å². The number of carbonyl (C=O) groups is 2. The van der Waals surface area contributed by atoms with Gasteiger partial charge in [-0.1, -0.05) is 41.9 Å². The lowest BCUT2D eigenvalue weighted by Crippen LogP contribution is -2.35. The zero-order valence-corrected chi connectivity index (χ0v) is 14.6. The second-order valence-electron chi connectivity index (χ2n) is 5.66. The maximum atomic E-state index is 12.1. The van der Waals surface area contributed by atoms with E-state index in [-0.39, 0.29) is 25.3 Å². The molecule has 1 unspecified atom stereocenters. The Balaban J connectivity index is 1.95. The number of rotatable bonds is 8. The molecule has 2 aromatic carbocycles. The number of carbonyl (C=O) groups excluding carboxylic acids is 1. The van der Waals surface area contributed by atoms with Crippen LogP contribution in [0.25, 0.3) is 0 Å². The minimum atomic E-state index is -0.964. The van der Waals surface area contributed by atoms with E-state index >= 15 is 0 Å². The first-order valence-corrected chi connectivity index (χ1v) is 8.23. The van der Waals surface area contributed by atoms with Crippen LogP contribution >= 0.6 is 11.6 Å². The van der Waals surface area contributed by atoms with Gasteiger partial charge in [0.05, 0.1) is 19.4 Å². The van der Waals surface area contributed by atoms with Gasteiger partial charge in [0.2, 0.25) is 5.91 Å². The van der Waals surface area contributed by atoms with Crippen LogP contribution in [-0.2, 0) is 22.4 Å². The Morgan fingerprint density at radius 2 is 1.96 bits per heavy atom. The summed E-state index contributed by atoms with van der Waals surface area (Å²) in [5.41, 5.74) is 1.57. The third-order valence-corrected chi connectivity index (χ3v) is 4.04. The van der Waals surface area contributed by atoms with Gasteiger partial charge in [0.1, 0.15) is 5.75 Å². The lowest BCUT2D eigenvalue weighted by molar-refractivity contribution is -0.141. The topological polar surface area (TPSA) is 75.6 Å². The van der Waals surface area contributed by atoms with Gasteiger partial charge in [0.15, 0.2) is 0 Å². The summed E-state index contributed by atoms with van der Waals surface area (Å²) in [5.74, 6) is -1.30. The number of amides is 1. The van der Waals surface area contributed by atoms with Gasteiger partial charge in [-0.25, -0.2) is 0 Å². The molecule has 0 bridgehead atoms. The molecule has 0 aliphatic carbocycles. The van der Waals surface area contributed by atoms with Crippen molar-refractivity contribution in [2.24, 2.45) is 5.92 Å². The number of hydrogen-bond donors (Lipinski definition) is 2. The largest absolute Gasteiger partial charge is 0.496 e. The second kappa shape index (κ2) is 9.08. The highest BCUT2D eigenvalue weighted by Gasteiger charge is 2.20. The fourth-order valence-corrected chi connectivity index (χ4v) is 2.73. The Hall–Kier alpha value is -2.53. The van der Waals surface area contributed by atoms with Gasteiger partial charge >= 0.3 is 5.97 Å². The Bertz CT molecular complexity index is 748. The van der Waals surface area contributed by atoms with Crippen molar-refractivity contribution in [1.29, 1.82) is 0 Å². The van der Waals surface area contributed by atoms with Gasteiger partial charge in [-0.2, -0.15) is 0 Å². The molecule has 1 amide bonds. The van der Waals surface area contributed by atoms with E-state index in [1.54, 1.807) is 37.4 Å². The highest BCUT2D eigenvalue weighted by molar-refractivity contribution is 6.30. The first kappa shape index (κ1) is 18.8. The van der Waals surface area contributed by atoms with E-state index in [0.29, 0.717) is 10.8 Å². The summed E-state index contributed by atoms with van der Waals surface area (Å²) >= 11 is 5.89. The van der Waals surface area contributed by atoms with Gasteiger partial charge < -0.3 is 15.2 Å². The van der Waals surface area contributed by atoms with Crippen LogP contribution in [-0.4, -0.2) is 30.6 Å². The molecule has 0 saturated carbocycles. The van der Waals surface area contributed by atoms with Crippen LogP contribution in [0.5, 0.6) is 5.75 Å². The van der Waals surface area contributed by atoms with Crippen LogP contribution in [0, 0.1) is 5.92 Å². The summed E-state index contributed by atoms with van der Waals surface area (Å²) in [7, 11) is 1.54. The fraction of sp³-hybridized carbons (Fsp3) is 0.263. The average Bonchev–Trinajstić information content (AvgIpc) is 2.58. The number of carboxylic acids is 1. The summed E-state index contributed by atoms with van der Waals surface area (Å²) in [6.45, 7) is 0.0484. The van der Waals surface area contributed by atoms with Crippen molar-refractivity contribution in [2.75, 3.05) is 13.7 Å². The van der Waals surface area contributed by atoms with Crippen LogP contribution in [0.1, 0.15) is 11.1 Å². The van der Waals surface area contributed by atoms with Crippen molar-refractivity contribution >= 4 is 23.5 Å². The van der Waals surface area contributed by atoms with Crippen molar-refractivity contribution in [3.05, 3.63) is 64.7 Å². The van der Waals surface area contributed by atoms with Crippen LogP contribution in [0.2, 0.25) is 5.02 Å². The van der Waals surface area contributed by atoms with Gasteiger partial charge in [0, 0.05) is 11.6 Å². The third kappa shape index (κ3) is 5.80. The van der Waals surface area contributed by atoms with E-state index in [2.05, 4.69) is 5.32 Å². The molecule has 5 nitrogen and oxygen atoms in total. The number of carboxylic acid groups (broad SMARTS) is 1. The number of methoxy groups -OCH3 is 1. The highest BCUT2D eigenvalue weighted by atomic mass is 35.5. The molecule has 0 spiro atoms. The molecule has 2 aromatic rings. The average molecular weight is 362 g/mol. The van der Waals surface area contributed by atoms with Crippen molar-refractivity contribution in [1.82, 2.24) is 5.32 Å². The zero-order valence-electron chi connectivity index (χ0n) is 13.9. The standard InChI is InChI=1S/C19H20ClNO4/c1-25-17-8-3-2-6-14(17)11-15(19(23)24)12-21-18(22)10-13-5-4-7-16(20)9-13/h2-9,15H,10-12H2,1H3,(H,21,22)(H,23,24). The number of hydrogen-bond acceptors (Lipinski definition) is 3. The Morgan fingerprint density at radius 1 is 1.20 bits per heavy atom. The van der Waals surface area contributed by atoms with Gasteiger partial charge in [0.25, 0.3) is 0 Å². The van der Waals surface area contributed by atoms with Gasteiger partial charge in [-0.3, -0.25) is 9.59 Å². The maximum Gasteiger partial charge on any atom is 0.308 e. The number of ether oxygens (including phenoxy) is 1. The molecule has 0 saturated heterocycles. The minimum absolute atomic E-state index is 0.0484. The molecule has 1 atom stereocenters. The summed E-state index contributed by atoms with van der Waals surface area (Å²) in [6, 6.07) is 14.3. The van der Waals surface area contributed by atoms with Crippen LogP contribution in [0.3, 0.4) is 0 Å². The van der Waals surface area contributed by atoms with E-state index in [1.165, 1.54) is 0 Å². The van der Waals surface area contributed by atoms with Crippen molar-refractivity contribution in [2.45, 2.75) is 12.8 Å². The van der Waals surface area contributed by atoms with Crippen molar-refractivity contribution in [3.63, 3.8) is 0 Å². The number of aliphatic carboxylic acids is 1. The summed E-state index contributed by atoms with van der Waals surface area (Å²) in [4.78, 5) is 23.6. The van der Waals surface area contributed by atoms with Crippen LogP contribution in [0.4, 0.5) is 0 Å². The number of halogens is 1. The predicted octanol–water partition coefficient (Wildman–Crippen LogP) is 2.95. The van der Waals surface area contributed by atoms with Crippen LogP contribution in [0.15, 0.2) is 48.5 Å². The molecule has 0 radical (unpaired) electrons. The third-order valence-electron chi connectivity index (χ3n) is 3.81. The second-order valence-corrected chi connectivity index (χ2v) is 6.10. The Kier molecular flexibility index (Phi) is 6.83. The Labute approximate surface area is 151 Å². The SMILES string of the molecule is COc1ccccc1CC(CNC(=O)Cc1cccc(Cl)c1)C(=O)O. The van der Waals surface area contributed by atoms with E-state index in [0.717, 1.165) is 11.1 Å². The summed E-state index contributed by atoms with van der Waals surface area (Å²) < 4.78 is 5.25. The fourth-order valence-electron chi connectivity index (χ4n) is 2.52. The zero-order chi connectivity index (χ0) is 18.2. The molecule has 0 aromatic heterocycles. The quantitative estimate of drug-likeness (QED) is 0.758. The van der Waals surface area contributed by atoms with E-state index in [1.807, 2.05) is 18.2 Å². The minimum Gasteiger partial charge on any atom is -0.496 e. The Morgan fingerprint density at radius 3 is 2.64 bits per heavy atom. The van der Waals surface area contributed by atoms with Gasteiger partial charge in [-0.05, 0) is 35.7 Å². The highest BCUT2D eigenvalue weighted by Crippen LogP contribution is 2.21. The number of para-hydroxylation sites is 1. The maximum absolute atomic E-state index is 12.1. The molecule has 2 rings (SSSR count). The molecular weight excluding hydrogens is 342 g/mol.